The molecule has 2 heterocycles. The maximum absolute atomic E-state index is 12.6. The molecule has 1 aromatic rings. The summed E-state index contributed by atoms with van der Waals surface area (Å²) >= 11 is 0. The van der Waals surface area contributed by atoms with E-state index in [-0.39, 0.29) is 5.41 Å². The maximum atomic E-state index is 12.6. The van der Waals surface area contributed by atoms with E-state index in [0.29, 0.717) is 5.91 Å². The molecule has 1 spiro atoms. The van der Waals surface area contributed by atoms with Crippen molar-refractivity contribution in [3.8, 4) is 0 Å². The Balaban J connectivity index is 1.85. The molecule has 0 aromatic heterocycles. The van der Waals surface area contributed by atoms with E-state index in [1.54, 1.807) is 0 Å². The third-order valence-corrected chi connectivity index (χ3v) is 4.05. The fourth-order valence-corrected chi connectivity index (χ4v) is 3.04. The van der Waals surface area contributed by atoms with Gasteiger partial charge in [0.15, 0.2) is 0 Å². The van der Waals surface area contributed by atoms with Gasteiger partial charge in [0.05, 0.1) is 5.41 Å². The van der Waals surface area contributed by atoms with Gasteiger partial charge < -0.3 is 10.2 Å². The fraction of sp³-hybridized carbons (Fsp3) is 0.500. The Bertz CT molecular complexity index is 409. The minimum absolute atomic E-state index is 0.117. The van der Waals surface area contributed by atoms with Gasteiger partial charge in [0.1, 0.15) is 0 Å². The lowest BCUT2D eigenvalue weighted by molar-refractivity contribution is -0.126. The van der Waals surface area contributed by atoms with Gasteiger partial charge >= 0.3 is 0 Å². The smallest absolute Gasteiger partial charge is 0.234 e. The first-order valence-electron chi connectivity index (χ1n) is 6.40. The SMILES string of the molecule is O=C1N(c2ccccc2)CC[C@]12CCCNC2. The van der Waals surface area contributed by atoms with Crippen molar-refractivity contribution in [2.45, 2.75) is 19.3 Å². The molecule has 90 valence electrons. The second-order valence-electron chi connectivity index (χ2n) is 5.10. The zero-order valence-corrected chi connectivity index (χ0v) is 9.98. The number of amides is 1. The molecule has 0 saturated carbocycles. The highest BCUT2D eigenvalue weighted by Crippen LogP contribution is 2.39. The molecule has 0 unspecified atom stereocenters. The summed E-state index contributed by atoms with van der Waals surface area (Å²) in [4.78, 5) is 14.5. The Morgan fingerprint density at radius 2 is 2.00 bits per heavy atom. The molecule has 1 amide bonds. The molecule has 2 saturated heterocycles. The summed E-state index contributed by atoms with van der Waals surface area (Å²) in [7, 11) is 0. The van der Waals surface area contributed by atoms with Crippen LogP contribution in [-0.2, 0) is 4.79 Å². The van der Waals surface area contributed by atoms with E-state index >= 15 is 0 Å². The number of carbonyl (C=O) groups is 1. The topological polar surface area (TPSA) is 32.3 Å². The number of nitrogens with one attached hydrogen (secondary N) is 1. The first kappa shape index (κ1) is 10.8. The predicted molar refractivity (Wildman–Crippen MR) is 67.9 cm³/mol. The second-order valence-corrected chi connectivity index (χ2v) is 5.10. The standard InChI is InChI=1S/C14H18N2O/c17-13-14(7-4-9-15-11-14)8-10-16(13)12-5-2-1-3-6-12/h1-3,5-6,15H,4,7-11H2/t14-/m0/s1. The number of piperidine rings is 1. The third-order valence-electron chi connectivity index (χ3n) is 4.05. The Labute approximate surface area is 102 Å². The highest BCUT2D eigenvalue weighted by Gasteiger charge is 2.47. The fourth-order valence-electron chi connectivity index (χ4n) is 3.04. The Hall–Kier alpha value is -1.35. The maximum Gasteiger partial charge on any atom is 0.234 e. The second kappa shape index (κ2) is 4.15. The van der Waals surface area contributed by atoms with Gasteiger partial charge in [0, 0.05) is 18.8 Å². The van der Waals surface area contributed by atoms with Crippen LogP contribution in [-0.4, -0.2) is 25.5 Å². The van der Waals surface area contributed by atoms with Gasteiger partial charge in [0.2, 0.25) is 5.91 Å². The molecular formula is C14H18N2O. The summed E-state index contributed by atoms with van der Waals surface area (Å²) in [6.07, 6.45) is 3.16. The lowest BCUT2D eigenvalue weighted by Crippen LogP contribution is -2.45. The van der Waals surface area contributed by atoms with Crippen molar-refractivity contribution < 1.29 is 4.79 Å². The summed E-state index contributed by atoms with van der Waals surface area (Å²) < 4.78 is 0. The summed E-state index contributed by atoms with van der Waals surface area (Å²) in [5, 5.41) is 3.37. The largest absolute Gasteiger partial charge is 0.316 e. The van der Waals surface area contributed by atoms with E-state index in [1.807, 2.05) is 35.2 Å². The lowest BCUT2D eigenvalue weighted by Gasteiger charge is -2.32. The molecule has 0 aliphatic carbocycles. The van der Waals surface area contributed by atoms with Crippen molar-refractivity contribution in [1.29, 1.82) is 0 Å². The normalized spacial score (nSPS) is 28.9. The van der Waals surface area contributed by atoms with Crippen LogP contribution in [0.4, 0.5) is 5.69 Å². The van der Waals surface area contributed by atoms with Gasteiger partial charge in [-0.1, -0.05) is 18.2 Å². The molecule has 2 aliphatic rings. The monoisotopic (exact) mass is 230 g/mol. The number of benzene rings is 1. The van der Waals surface area contributed by atoms with Crippen molar-refractivity contribution in [2.24, 2.45) is 5.41 Å². The van der Waals surface area contributed by atoms with Crippen LogP contribution >= 0.6 is 0 Å². The van der Waals surface area contributed by atoms with Crippen LogP contribution in [0.3, 0.4) is 0 Å². The van der Waals surface area contributed by atoms with Gasteiger partial charge in [-0.15, -0.1) is 0 Å². The highest BCUT2D eigenvalue weighted by atomic mass is 16.2. The first-order valence-corrected chi connectivity index (χ1v) is 6.40. The number of rotatable bonds is 1. The van der Waals surface area contributed by atoms with Crippen LogP contribution in [0.5, 0.6) is 0 Å². The summed E-state index contributed by atoms with van der Waals surface area (Å²) in [6.45, 7) is 2.78. The number of hydrogen-bond donors (Lipinski definition) is 1. The van der Waals surface area contributed by atoms with Crippen LogP contribution in [0.25, 0.3) is 0 Å². The van der Waals surface area contributed by atoms with E-state index in [0.717, 1.165) is 44.6 Å². The van der Waals surface area contributed by atoms with Crippen molar-refractivity contribution in [3.05, 3.63) is 30.3 Å². The molecule has 1 atom stereocenters. The average molecular weight is 230 g/mol. The number of anilines is 1. The van der Waals surface area contributed by atoms with Crippen molar-refractivity contribution in [2.75, 3.05) is 24.5 Å². The molecule has 0 bridgehead atoms. The van der Waals surface area contributed by atoms with Crippen LogP contribution in [0, 0.1) is 5.41 Å². The minimum Gasteiger partial charge on any atom is -0.316 e. The molecular weight excluding hydrogens is 212 g/mol. The van der Waals surface area contributed by atoms with Gasteiger partial charge in [-0.2, -0.15) is 0 Å². The van der Waals surface area contributed by atoms with E-state index in [1.165, 1.54) is 0 Å². The highest BCUT2D eigenvalue weighted by molar-refractivity contribution is 6.00. The van der Waals surface area contributed by atoms with Gasteiger partial charge in [0.25, 0.3) is 0 Å². The minimum atomic E-state index is -0.117. The van der Waals surface area contributed by atoms with Crippen molar-refractivity contribution in [1.82, 2.24) is 5.32 Å². The summed E-state index contributed by atoms with van der Waals surface area (Å²) in [5.74, 6) is 0.316. The number of nitrogens with zero attached hydrogens (tertiary/aromatic N) is 1. The molecule has 1 aromatic carbocycles. The van der Waals surface area contributed by atoms with Crippen LogP contribution in [0.2, 0.25) is 0 Å². The molecule has 3 nitrogen and oxygen atoms in total. The molecule has 2 fully saturated rings. The lowest BCUT2D eigenvalue weighted by atomic mass is 9.79. The molecule has 17 heavy (non-hydrogen) atoms. The summed E-state index contributed by atoms with van der Waals surface area (Å²) in [5.41, 5.74) is 0.925. The first-order chi connectivity index (χ1) is 8.32. The van der Waals surface area contributed by atoms with E-state index < -0.39 is 0 Å². The van der Waals surface area contributed by atoms with Gasteiger partial charge in [-0.05, 0) is 37.9 Å². The van der Waals surface area contributed by atoms with Gasteiger partial charge in [-0.25, -0.2) is 0 Å². The Kier molecular flexibility index (Phi) is 2.63. The molecule has 3 rings (SSSR count). The predicted octanol–water partition coefficient (Wildman–Crippen LogP) is 1.79. The zero-order chi connectivity index (χ0) is 11.7. The Morgan fingerprint density at radius 3 is 2.71 bits per heavy atom. The molecule has 0 radical (unpaired) electrons. The number of para-hydroxylation sites is 1. The van der Waals surface area contributed by atoms with Crippen LogP contribution in [0.15, 0.2) is 30.3 Å². The molecule has 1 N–H and O–H groups in total. The van der Waals surface area contributed by atoms with Crippen molar-refractivity contribution in [3.63, 3.8) is 0 Å². The Morgan fingerprint density at radius 1 is 1.18 bits per heavy atom. The quantitative estimate of drug-likeness (QED) is 0.797. The van der Waals surface area contributed by atoms with E-state index in [9.17, 15) is 4.79 Å². The number of hydrogen-bond acceptors (Lipinski definition) is 2. The van der Waals surface area contributed by atoms with E-state index in [4.69, 9.17) is 0 Å². The van der Waals surface area contributed by atoms with E-state index in [2.05, 4.69) is 5.32 Å². The third kappa shape index (κ3) is 1.75. The summed E-state index contributed by atoms with van der Waals surface area (Å²) in [6, 6.07) is 10.0. The molecule has 2 aliphatic heterocycles. The van der Waals surface area contributed by atoms with Crippen molar-refractivity contribution >= 4 is 11.6 Å². The average Bonchev–Trinajstić information content (AvgIpc) is 2.70. The van der Waals surface area contributed by atoms with Crippen LogP contribution < -0.4 is 10.2 Å². The molecule has 3 heteroatoms. The van der Waals surface area contributed by atoms with Gasteiger partial charge in [-0.3, -0.25) is 4.79 Å². The zero-order valence-electron chi connectivity index (χ0n) is 9.98. The van der Waals surface area contributed by atoms with Crippen LogP contribution in [0.1, 0.15) is 19.3 Å². The number of carbonyl (C=O) groups excluding carboxylic acids is 1.